The highest BCUT2D eigenvalue weighted by molar-refractivity contribution is 6.11. The maximum absolute atomic E-state index is 13.3. The molecule has 0 saturated heterocycles. The van der Waals surface area contributed by atoms with Crippen molar-refractivity contribution >= 4 is 11.9 Å². The minimum atomic E-state index is -0.360. The first-order valence-electron chi connectivity index (χ1n) is 11.0. The smallest absolute Gasteiger partial charge is 0.193 e. The summed E-state index contributed by atoms with van der Waals surface area (Å²) in [5, 5.41) is 19.5. The number of ether oxygens (including phenoxy) is 3. The van der Waals surface area contributed by atoms with E-state index in [0.717, 1.165) is 17.6 Å². The number of hydrogen-bond donors (Lipinski definition) is 2. The Morgan fingerprint density at radius 2 is 1.71 bits per heavy atom. The lowest BCUT2D eigenvalue weighted by atomic mass is 9.87. The van der Waals surface area contributed by atoms with Crippen molar-refractivity contribution in [3.8, 4) is 28.7 Å². The van der Waals surface area contributed by atoms with Crippen LogP contribution in [0.1, 0.15) is 48.7 Å². The van der Waals surface area contributed by atoms with Crippen LogP contribution in [0.5, 0.6) is 28.7 Å². The van der Waals surface area contributed by atoms with E-state index in [4.69, 9.17) is 14.2 Å². The van der Waals surface area contributed by atoms with E-state index in [0.29, 0.717) is 29.2 Å². The summed E-state index contributed by atoms with van der Waals surface area (Å²) in [6, 6.07) is 5.85. The molecule has 2 N–H and O–H groups in total. The van der Waals surface area contributed by atoms with Crippen LogP contribution in [0.3, 0.4) is 0 Å². The van der Waals surface area contributed by atoms with Gasteiger partial charge in [-0.1, -0.05) is 23.8 Å². The van der Waals surface area contributed by atoms with Gasteiger partial charge in [-0.2, -0.15) is 0 Å². The Hall–Kier alpha value is -3.67. The second kappa shape index (κ2) is 12.0. The Balaban J connectivity index is 2.58. The van der Waals surface area contributed by atoms with Crippen molar-refractivity contribution in [3.63, 3.8) is 0 Å². The van der Waals surface area contributed by atoms with Crippen LogP contribution in [0.15, 0.2) is 54.1 Å². The van der Waals surface area contributed by atoms with E-state index >= 15 is 0 Å². The van der Waals surface area contributed by atoms with Gasteiger partial charge in [-0.3, -0.25) is 4.79 Å². The van der Waals surface area contributed by atoms with Crippen LogP contribution in [0.4, 0.5) is 0 Å². The number of allylic oxidation sites excluding steroid dienone is 4. The number of carbonyl (C=O) groups is 1. The highest BCUT2D eigenvalue weighted by atomic mass is 16.5. The molecule has 0 aliphatic rings. The van der Waals surface area contributed by atoms with E-state index in [2.05, 4.69) is 26.5 Å². The Morgan fingerprint density at radius 3 is 2.24 bits per heavy atom. The molecule has 0 heterocycles. The summed E-state index contributed by atoms with van der Waals surface area (Å²) in [7, 11) is 4.56. The molecule has 1 atom stereocenters. The van der Waals surface area contributed by atoms with Crippen LogP contribution in [-0.4, -0.2) is 37.3 Å². The molecule has 182 valence electrons. The number of benzene rings is 2. The number of rotatable bonds is 11. The topological polar surface area (TPSA) is 85.2 Å². The molecular formula is C28H34O6. The first-order chi connectivity index (χ1) is 16.1. The lowest BCUT2D eigenvalue weighted by Crippen LogP contribution is -2.11. The number of phenols is 2. The van der Waals surface area contributed by atoms with Crippen molar-refractivity contribution in [2.75, 3.05) is 21.3 Å². The third-order valence-corrected chi connectivity index (χ3v) is 5.58. The molecule has 6 heteroatoms. The van der Waals surface area contributed by atoms with Gasteiger partial charge in [0.25, 0.3) is 0 Å². The molecule has 0 aromatic heterocycles. The summed E-state index contributed by atoms with van der Waals surface area (Å²) in [6.45, 7) is 10.3. The number of methoxy groups -OCH3 is 3. The minimum absolute atomic E-state index is 0.0655. The molecule has 0 aliphatic heterocycles. The second-order valence-electron chi connectivity index (χ2n) is 8.37. The van der Waals surface area contributed by atoms with Gasteiger partial charge in [-0.05, 0) is 63.8 Å². The maximum Gasteiger partial charge on any atom is 0.193 e. The van der Waals surface area contributed by atoms with Crippen molar-refractivity contribution in [2.24, 2.45) is 5.92 Å². The summed E-state index contributed by atoms with van der Waals surface area (Å²) in [5.41, 5.74) is 3.65. The van der Waals surface area contributed by atoms with Crippen molar-refractivity contribution in [1.82, 2.24) is 0 Å². The van der Waals surface area contributed by atoms with Crippen molar-refractivity contribution < 1.29 is 29.2 Å². The summed E-state index contributed by atoms with van der Waals surface area (Å²) < 4.78 is 16.9. The number of carbonyl (C=O) groups excluding carboxylic acids is 1. The first kappa shape index (κ1) is 26.6. The van der Waals surface area contributed by atoms with E-state index < -0.39 is 0 Å². The fraction of sp³-hybridized carbons (Fsp3) is 0.321. The van der Waals surface area contributed by atoms with Crippen molar-refractivity contribution in [2.45, 2.75) is 33.6 Å². The molecule has 0 fully saturated rings. The number of aromatic hydroxyl groups is 2. The molecule has 1 unspecified atom stereocenters. The Kier molecular flexibility index (Phi) is 9.36. The largest absolute Gasteiger partial charge is 0.508 e. The first-order valence-corrected chi connectivity index (χ1v) is 11.0. The highest BCUT2D eigenvalue weighted by Crippen LogP contribution is 2.42. The third-order valence-electron chi connectivity index (χ3n) is 5.58. The summed E-state index contributed by atoms with van der Waals surface area (Å²) in [5.74, 6) is 0.822. The van der Waals surface area contributed by atoms with Crippen LogP contribution in [-0.2, 0) is 6.42 Å². The molecule has 0 amide bonds. The highest BCUT2D eigenvalue weighted by Gasteiger charge is 2.26. The van der Waals surface area contributed by atoms with Gasteiger partial charge in [0.2, 0.25) is 0 Å². The lowest BCUT2D eigenvalue weighted by molar-refractivity contribution is 0.104. The van der Waals surface area contributed by atoms with Gasteiger partial charge in [-0.15, -0.1) is 0 Å². The molecule has 0 aliphatic carbocycles. The van der Waals surface area contributed by atoms with E-state index in [1.807, 2.05) is 6.92 Å². The molecule has 0 saturated carbocycles. The van der Waals surface area contributed by atoms with Gasteiger partial charge in [0.15, 0.2) is 5.78 Å². The Morgan fingerprint density at radius 1 is 1.03 bits per heavy atom. The zero-order valence-electron chi connectivity index (χ0n) is 20.8. The Labute approximate surface area is 201 Å². The predicted octanol–water partition coefficient (Wildman–Crippen LogP) is 6.11. The molecular weight excluding hydrogens is 432 g/mol. The van der Waals surface area contributed by atoms with Gasteiger partial charge >= 0.3 is 0 Å². The number of ketones is 1. The standard InChI is InChI=1S/C28H34O6/c1-17(2)8-9-20(18(3)4)14-22-25(32-5)16-26(33-6)27(28(22)34-7)23(30)13-11-19-10-12-21(29)15-24(19)31/h8,10-13,15-16,20,29,31H,3,9,14H2,1-2,4-7H3/b13-11+. The summed E-state index contributed by atoms with van der Waals surface area (Å²) >= 11 is 0. The van der Waals surface area contributed by atoms with Crippen LogP contribution in [0, 0.1) is 5.92 Å². The maximum atomic E-state index is 13.3. The van der Waals surface area contributed by atoms with Gasteiger partial charge < -0.3 is 24.4 Å². The van der Waals surface area contributed by atoms with Crippen LogP contribution in [0.25, 0.3) is 6.08 Å². The molecule has 0 bridgehead atoms. The molecule has 2 aromatic carbocycles. The van der Waals surface area contributed by atoms with Crippen molar-refractivity contribution in [1.29, 1.82) is 0 Å². The van der Waals surface area contributed by atoms with Crippen molar-refractivity contribution in [3.05, 3.63) is 70.8 Å². The summed E-state index contributed by atoms with van der Waals surface area (Å²) in [6.07, 6.45) is 6.35. The quantitative estimate of drug-likeness (QED) is 0.236. The van der Waals surface area contributed by atoms with Gasteiger partial charge in [0.1, 0.15) is 34.3 Å². The van der Waals surface area contributed by atoms with Gasteiger partial charge in [0.05, 0.1) is 21.3 Å². The van der Waals surface area contributed by atoms with Gasteiger partial charge in [-0.25, -0.2) is 0 Å². The molecule has 2 aromatic rings. The molecule has 2 rings (SSSR count). The normalized spacial score (nSPS) is 11.7. The van der Waals surface area contributed by atoms with E-state index in [9.17, 15) is 15.0 Å². The van der Waals surface area contributed by atoms with E-state index in [1.54, 1.807) is 13.2 Å². The fourth-order valence-corrected chi connectivity index (χ4v) is 3.65. The number of hydrogen-bond acceptors (Lipinski definition) is 6. The Bertz CT molecular complexity index is 1110. The zero-order chi connectivity index (χ0) is 25.4. The van der Waals surface area contributed by atoms with E-state index in [-0.39, 0.29) is 28.8 Å². The molecule has 34 heavy (non-hydrogen) atoms. The third kappa shape index (κ3) is 6.44. The zero-order valence-corrected chi connectivity index (χ0v) is 20.8. The average molecular weight is 467 g/mol. The molecule has 0 radical (unpaired) electrons. The lowest BCUT2D eigenvalue weighted by Gasteiger charge is -2.22. The van der Waals surface area contributed by atoms with Crippen LogP contribution in [0.2, 0.25) is 0 Å². The average Bonchev–Trinajstić information content (AvgIpc) is 2.79. The second-order valence-corrected chi connectivity index (χ2v) is 8.37. The fourth-order valence-electron chi connectivity index (χ4n) is 3.65. The monoisotopic (exact) mass is 466 g/mol. The summed E-state index contributed by atoms with van der Waals surface area (Å²) in [4.78, 5) is 13.3. The minimum Gasteiger partial charge on any atom is -0.508 e. The predicted molar refractivity (Wildman–Crippen MR) is 135 cm³/mol. The molecule has 0 spiro atoms. The SMILES string of the molecule is C=C(C)C(CC=C(C)C)Cc1c(OC)cc(OC)c(C(=O)/C=C/c2ccc(O)cc2O)c1OC. The molecule has 6 nitrogen and oxygen atoms in total. The van der Waals surface area contributed by atoms with Gasteiger partial charge in [0, 0.05) is 23.3 Å². The van der Waals surface area contributed by atoms with Crippen LogP contribution >= 0.6 is 0 Å². The number of phenolic OH excluding ortho intramolecular Hbond substituents is 2. The van der Waals surface area contributed by atoms with Crippen LogP contribution < -0.4 is 14.2 Å². The van der Waals surface area contributed by atoms with E-state index in [1.165, 1.54) is 50.1 Å².